The van der Waals surface area contributed by atoms with Gasteiger partial charge in [-0.2, -0.15) is 0 Å². The molecule has 6 heteroatoms. The fourth-order valence-corrected chi connectivity index (χ4v) is 3.83. The van der Waals surface area contributed by atoms with Crippen LogP contribution in [0.5, 0.6) is 0 Å². The van der Waals surface area contributed by atoms with Crippen molar-refractivity contribution in [3.05, 3.63) is 53.9 Å². The van der Waals surface area contributed by atoms with Gasteiger partial charge in [0.15, 0.2) is 0 Å². The van der Waals surface area contributed by atoms with Crippen molar-refractivity contribution in [3.63, 3.8) is 0 Å². The van der Waals surface area contributed by atoms with Crippen molar-refractivity contribution < 1.29 is 4.39 Å². The fourth-order valence-electron chi connectivity index (χ4n) is 1.95. The van der Waals surface area contributed by atoms with E-state index in [2.05, 4.69) is 21.2 Å². The van der Waals surface area contributed by atoms with Crippen molar-refractivity contribution in [3.8, 4) is 0 Å². The van der Waals surface area contributed by atoms with Crippen molar-refractivity contribution in [1.82, 2.24) is 5.32 Å². The Morgan fingerprint density at radius 3 is 2.65 bits per heavy atom. The zero-order valence-electron chi connectivity index (χ0n) is 10.9. The van der Waals surface area contributed by atoms with Crippen LogP contribution in [0.2, 0.25) is 10.0 Å². The van der Waals surface area contributed by atoms with Crippen LogP contribution in [-0.4, -0.2) is 6.54 Å². The molecule has 0 spiro atoms. The van der Waals surface area contributed by atoms with Gasteiger partial charge in [-0.05, 0) is 52.5 Å². The minimum absolute atomic E-state index is 0.295. The summed E-state index contributed by atoms with van der Waals surface area (Å²) >= 11 is 17.2. The molecule has 0 aliphatic carbocycles. The molecule has 0 amide bonds. The third-order valence-corrected chi connectivity index (χ3v) is 5.92. The molecule has 0 fully saturated rings. The fraction of sp³-hybridized carbons (Fsp3) is 0.286. The number of hydrogen-bond donors (Lipinski definition) is 1. The molecule has 2 rings (SSSR count). The lowest BCUT2D eigenvalue weighted by Crippen LogP contribution is -2.22. The molecule has 20 heavy (non-hydrogen) atoms. The van der Waals surface area contributed by atoms with E-state index in [1.807, 2.05) is 19.2 Å². The van der Waals surface area contributed by atoms with Crippen molar-refractivity contribution >= 4 is 50.5 Å². The highest BCUT2D eigenvalue weighted by Crippen LogP contribution is 2.38. The Morgan fingerprint density at radius 1 is 1.40 bits per heavy atom. The smallest absolute Gasteiger partial charge is 0.129 e. The van der Waals surface area contributed by atoms with Gasteiger partial charge in [-0.25, -0.2) is 4.39 Å². The van der Waals surface area contributed by atoms with Crippen LogP contribution in [0.4, 0.5) is 4.39 Å². The Kier molecular flexibility index (Phi) is 5.49. The van der Waals surface area contributed by atoms with Gasteiger partial charge in [0.25, 0.3) is 0 Å². The van der Waals surface area contributed by atoms with Crippen molar-refractivity contribution in [2.75, 3.05) is 6.54 Å². The molecule has 0 saturated carbocycles. The van der Waals surface area contributed by atoms with Gasteiger partial charge in [-0.3, -0.25) is 0 Å². The van der Waals surface area contributed by atoms with E-state index in [1.54, 1.807) is 6.07 Å². The quantitative estimate of drug-likeness (QED) is 0.628. The first kappa shape index (κ1) is 16.2. The molecule has 1 nitrogen and oxygen atoms in total. The Balaban J connectivity index is 2.54. The molecular formula is C14H13BrCl2FNS. The van der Waals surface area contributed by atoms with Crippen LogP contribution in [0.15, 0.2) is 22.0 Å². The van der Waals surface area contributed by atoms with Crippen LogP contribution in [0.3, 0.4) is 0 Å². The molecule has 0 bridgehead atoms. The minimum Gasteiger partial charge on any atom is -0.306 e. The summed E-state index contributed by atoms with van der Waals surface area (Å²) in [4.78, 5) is 0.906. The molecule has 1 aromatic heterocycles. The predicted molar refractivity (Wildman–Crippen MR) is 88.7 cm³/mol. The van der Waals surface area contributed by atoms with E-state index < -0.39 is 0 Å². The highest BCUT2D eigenvalue weighted by atomic mass is 79.9. The van der Waals surface area contributed by atoms with Gasteiger partial charge in [0, 0.05) is 14.9 Å². The summed E-state index contributed by atoms with van der Waals surface area (Å²) in [6.07, 6.45) is 0. The zero-order valence-corrected chi connectivity index (χ0v) is 14.9. The number of rotatable bonds is 4. The summed E-state index contributed by atoms with van der Waals surface area (Å²) in [5.74, 6) is -0.311. The summed E-state index contributed by atoms with van der Waals surface area (Å²) in [6, 6.07) is 2.73. The molecule has 0 aliphatic rings. The highest BCUT2D eigenvalue weighted by Gasteiger charge is 2.23. The largest absolute Gasteiger partial charge is 0.306 e. The first-order valence-electron chi connectivity index (χ1n) is 6.07. The number of halogens is 4. The Morgan fingerprint density at radius 2 is 2.10 bits per heavy atom. The lowest BCUT2D eigenvalue weighted by molar-refractivity contribution is 0.562. The second-order valence-electron chi connectivity index (χ2n) is 4.38. The molecule has 1 N–H and O–H groups in total. The SMILES string of the molecule is CCNC(c1cc(Cl)c(Br)cc1F)c1scc(C)c1Cl. The minimum atomic E-state index is -0.311. The van der Waals surface area contributed by atoms with Gasteiger partial charge < -0.3 is 5.32 Å². The molecule has 1 aromatic carbocycles. The molecule has 2 aromatic rings. The molecule has 0 aliphatic heterocycles. The lowest BCUT2D eigenvalue weighted by atomic mass is 10.0. The normalized spacial score (nSPS) is 12.7. The van der Waals surface area contributed by atoms with E-state index in [4.69, 9.17) is 23.2 Å². The van der Waals surface area contributed by atoms with Crippen LogP contribution in [-0.2, 0) is 0 Å². The van der Waals surface area contributed by atoms with Crippen LogP contribution >= 0.6 is 50.5 Å². The van der Waals surface area contributed by atoms with Gasteiger partial charge in [0.2, 0.25) is 0 Å². The molecular weight excluding hydrogens is 384 g/mol. The number of nitrogens with one attached hydrogen (secondary N) is 1. The zero-order chi connectivity index (χ0) is 14.9. The number of hydrogen-bond acceptors (Lipinski definition) is 2. The number of benzene rings is 1. The summed E-state index contributed by atoms with van der Waals surface area (Å²) in [7, 11) is 0. The maximum atomic E-state index is 14.3. The van der Waals surface area contributed by atoms with Crippen LogP contribution in [0.25, 0.3) is 0 Å². The summed E-state index contributed by atoms with van der Waals surface area (Å²) in [5, 5.41) is 6.40. The predicted octanol–water partition coefficient (Wildman–Crippen LogP) is 5.96. The molecule has 1 heterocycles. The lowest BCUT2D eigenvalue weighted by Gasteiger charge is -2.19. The second kappa shape index (κ2) is 6.75. The van der Waals surface area contributed by atoms with E-state index >= 15 is 0 Å². The van der Waals surface area contributed by atoms with Crippen LogP contribution in [0, 0.1) is 12.7 Å². The van der Waals surface area contributed by atoms with Gasteiger partial charge in [-0.15, -0.1) is 11.3 Å². The standard InChI is InChI=1S/C14H13BrCl2FNS/c1-3-19-13(14-12(17)7(2)6-20-14)8-4-10(16)9(15)5-11(8)18/h4-6,13,19H,3H2,1-2H3. The first-order valence-corrected chi connectivity index (χ1v) is 8.49. The van der Waals surface area contributed by atoms with E-state index in [0.29, 0.717) is 26.6 Å². The summed E-state index contributed by atoms with van der Waals surface area (Å²) < 4.78 is 14.8. The first-order chi connectivity index (χ1) is 9.45. The Labute approximate surface area is 140 Å². The van der Waals surface area contributed by atoms with E-state index in [1.165, 1.54) is 17.4 Å². The third kappa shape index (κ3) is 3.20. The maximum absolute atomic E-state index is 14.3. The molecule has 0 radical (unpaired) electrons. The number of aryl methyl sites for hydroxylation is 1. The maximum Gasteiger partial charge on any atom is 0.129 e. The van der Waals surface area contributed by atoms with E-state index in [0.717, 1.165) is 10.4 Å². The van der Waals surface area contributed by atoms with Crippen molar-refractivity contribution in [1.29, 1.82) is 0 Å². The summed E-state index contributed by atoms with van der Waals surface area (Å²) in [5.41, 5.74) is 1.50. The topological polar surface area (TPSA) is 12.0 Å². The molecule has 1 atom stereocenters. The Bertz CT molecular complexity index is 630. The van der Waals surface area contributed by atoms with Gasteiger partial charge >= 0.3 is 0 Å². The molecule has 108 valence electrons. The number of thiophene rings is 1. The van der Waals surface area contributed by atoms with Crippen LogP contribution in [0.1, 0.15) is 29.0 Å². The third-order valence-electron chi connectivity index (χ3n) is 2.95. The van der Waals surface area contributed by atoms with Crippen molar-refractivity contribution in [2.45, 2.75) is 19.9 Å². The van der Waals surface area contributed by atoms with E-state index in [-0.39, 0.29) is 11.9 Å². The van der Waals surface area contributed by atoms with Crippen molar-refractivity contribution in [2.24, 2.45) is 0 Å². The molecule has 0 saturated heterocycles. The molecule has 1 unspecified atom stereocenters. The average molecular weight is 397 g/mol. The average Bonchev–Trinajstić information content (AvgIpc) is 2.72. The van der Waals surface area contributed by atoms with Crippen LogP contribution < -0.4 is 5.32 Å². The Hall–Kier alpha value is -0.130. The van der Waals surface area contributed by atoms with Gasteiger partial charge in [0.1, 0.15) is 5.82 Å². The monoisotopic (exact) mass is 395 g/mol. The second-order valence-corrected chi connectivity index (χ2v) is 6.93. The van der Waals surface area contributed by atoms with Gasteiger partial charge in [-0.1, -0.05) is 30.1 Å². The van der Waals surface area contributed by atoms with Gasteiger partial charge in [0.05, 0.1) is 16.1 Å². The summed E-state index contributed by atoms with van der Waals surface area (Å²) in [6.45, 7) is 4.61. The van der Waals surface area contributed by atoms with E-state index in [9.17, 15) is 4.39 Å². The highest BCUT2D eigenvalue weighted by molar-refractivity contribution is 9.10.